The van der Waals surface area contributed by atoms with Crippen molar-refractivity contribution >= 4 is 10.0 Å². The van der Waals surface area contributed by atoms with Crippen molar-refractivity contribution in [3.05, 3.63) is 65.3 Å². The van der Waals surface area contributed by atoms with Gasteiger partial charge in [0.1, 0.15) is 5.82 Å². The minimum atomic E-state index is -4.79. The maximum atomic E-state index is 13.4. The molecule has 164 valence electrons. The molecule has 1 heterocycles. The number of primary sulfonamides is 1. The first-order valence-corrected chi connectivity index (χ1v) is 10.7. The molecule has 4 rings (SSSR count). The summed E-state index contributed by atoms with van der Waals surface area (Å²) in [5, 5.41) is 8.80. The smallest absolute Gasteiger partial charge is 0.339 e. The Bertz CT molecular complexity index is 1250. The summed E-state index contributed by atoms with van der Waals surface area (Å²) in [5.41, 5.74) is -1.12. The largest absolute Gasteiger partial charge is 0.417 e. The second-order valence-corrected chi connectivity index (χ2v) is 9.60. The molecule has 3 aromatic rings. The maximum absolute atomic E-state index is 13.4. The zero-order chi connectivity index (χ0) is 22.8. The second kappa shape index (κ2) is 6.86. The highest BCUT2D eigenvalue weighted by Gasteiger charge is 2.62. The Hall–Kier alpha value is -2.79. The van der Waals surface area contributed by atoms with Crippen LogP contribution in [0.25, 0.3) is 11.4 Å². The van der Waals surface area contributed by atoms with E-state index in [1.165, 1.54) is 12.1 Å². The van der Waals surface area contributed by atoms with E-state index in [2.05, 4.69) is 10.1 Å². The van der Waals surface area contributed by atoms with Gasteiger partial charge in [0.05, 0.1) is 16.4 Å². The molecule has 0 unspecified atom stereocenters. The molecule has 1 fully saturated rings. The molecule has 1 aliphatic rings. The van der Waals surface area contributed by atoms with Crippen molar-refractivity contribution in [1.82, 2.24) is 10.1 Å². The van der Waals surface area contributed by atoms with Crippen LogP contribution >= 0.6 is 0 Å². The van der Waals surface area contributed by atoms with E-state index in [9.17, 15) is 26.0 Å². The summed E-state index contributed by atoms with van der Waals surface area (Å²) in [6.45, 7) is 3.86. The third kappa shape index (κ3) is 3.83. The molecule has 0 bridgehead atoms. The first kappa shape index (κ1) is 21.4. The topological polar surface area (TPSA) is 99.1 Å². The first-order valence-electron chi connectivity index (χ1n) is 9.13. The van der Waals surface area contributed by atoms with Gasteiger partial charge in [0.25, 0.3) is 0 Å². The highest BCUT2D eigenvalue weighted by molar-refractivity contribution is 7.89. The molecule has 6 nitrogen and oxygen atoms in total. The Balaban J connectivity index is 1.66. The van der Waals surface area contributed by atoms with Crippen LogP contribution in [0.1, 0.15) is 42.7 Å². The van der Waals surface area contributed by atoms with Gasteiger partial charge in [-0.05, 0) is 41.3 Å². The van der Waals surface area contributed by atoms with Crippen molar-refractivity contribution < 1.29 is 30.5 Å². The Morgan fingerprint density at radius 2 is 1.71 bits per heavy atom. The second-order valence-electron chi connectivity index (χ2n) is 8.03. The van der Waals surface area contributed by atoms with Crippen LogP contribution < -0.4 is 5.14 Å². The number of hydrogen-bond donors (Lipinski definition) is 1. The van der Waals surface area contributed by atoms with Gasteiger partial charge < -0.3 is 4.52 Å². The lowest BCUT2D eigenvalue weighted by molar-refractivity contribution is -0.137. The number of nitrogens with zero attached hydrogens (tertiary/aromatic N) is 2. The van der Waals surface area contributed by atoms with Crippen LogP contribution in [0.4, 0.5) is 17.6 Å². The lowest BCUT2D eigenvalue weighted by atomic mass is 10.0. The summed E-state index contributed by atoms with van der Waals surface area (Å²) >= 11 is 0. The Morgan fingerprint density at radius 1 is 1.06 bits per heavy atom. The van der Waals surface area contributed by atoms with Crippen molar-refractivity contribution in [3.63, 3.8) is 0 Å². The quantitative estimate of drug-likeness (QED) is 0.586. The third-order valence-corrected chi connectivity index (χ3v) is 6.56. The van der Waals surface area contributed by atoms with Gasteiger partial charge >= 0.3 is 6.18 Å². The fraction of sp³-hybridized carbons (Fsp3) is 0.300. The SMILES string of the molecule is CC1(C)[C@H](c2ccc(S(N)(=O)=O)cc2)[C@H]1c1nc(-c2ccc(F)cc2C(F)(F)F)no1. The van der Waals surface area contributed by atoms with E-state index in [4.69, 9.17) is 9.66 Å². The lowest BCUT2D eigenvalue weighted by Crippen LogP contribution is -2.11. The molecule has 0 aliphatic heterocycles. The third-order valence-electron chi connectivity index (χ3n) is 5.63. The summed E-state index contributed by atoms with van der Waals surface area (Å²) < 4.78 is 81.4. The summed E-state index contributed by atoms with van der Waals surface area (Å²) in [5.74, 6) is -1.56. The minimum absolute atomic E-state index is 0.0256. The fourth-order valence-electron chi connectivity index (χ4n) is 4.00. The van der Waals surface area contributed by atoms with Crippen LogP contribution in [-0.2, 0) is 16.2 Å². The average Bonchev–Trinajstić information content (AvgIpc) is 3.00. The number of alkyl halides is 3. The molecule has 0 amide bonds. The van der Waals surface area contributed by atoms with E-state index in [1.807, 2.05) is 13.8 Å². The molecular formula is C20H17F4N3O3S. The Labute approximate surface area is 175 Å². The molecule has 2 N–H and O–H groups in total. The molecule has 11 heteroatoms. The van der Waals surface area contributed by atoms with Gasteiger partial charge in [0, 0.05) is 11.5 Å². The monoisotopic (exact) mass is 455 g/mol. The number of hydrogen-bond acceptors (Lipinski definition) is 5. The molecule has 31 heavy (non-hydrogen) atoms. The van der Waals surface area contributed by atoms with Crippen molar-refractivity contribution in [2.75, 3.05) is 0 Å². The van der Waals surface area contributed by atoms with E-state index in [0.29, 0.717) is 6.07 Å². The molecule has 1 saturated carbocycles. The van der Waals surface area contributed by atoms with E-state index < -0.39 is 27.6 Å². The van der Waals surface area contributed by atoms with Gasteiger partial charge in [0.15, 0.2) is 0 Å². The van der Waals surface area contributed by atoms with Gasteiger partial charge in [-0.15, -0.1) is 0 Å². The van der Waals surface area contributed by atoms with Crippen molar-refractivity contribution in [3.8, 4) is 11.4 Å². The van der Waals surface area contributed by atoms with Gasteiger partial charge in [-0.3, -0.25) is 0 Å². The standard InChI is InChI=1S/C20H17F4N3O3S/c1-19(2)15(10-3-6-12(7-4-10)31(25,28)29)16(19)18-26-17(27-30-18)13-8-5-11(21)9-14(13)20(22,23)24/h3-9,15-16H,1-2H3,(H2,25,28,29)/t15-,16+/m1/s1. The highest BCUT2D eigenvalue weighted by atomic mass is 32.2. The van der Waals surface area contributed by atoms with Crippen molar-refractivity contribution in [1.29, 1.82) is 0 Å². The normalized spacial score (nSPS) is 20.6. The first-order chi connectivity index (χ1) is 14.3. The predicted octanol–water partition coefficient (Wildman–Crippen LogP) is 4.45. The van der Waals surface area contributed by atoms with Gasteiger partial charge in [-0.25, -0.2) is 17.9 Å². The summed E-state index contributed by atoms with van der Waals surface area (Å²) in [7, 11) is -3.83. The van der Waals surface area contributed by atoms with Gasteiger partial charge in [-0.1, -0.05) is 31.1 Å². The molecule has 0 saturated heterocycles. The zero-order valence-electron chi connectivity index (χ0n) is 16.3. The number of nitrogens with two attached hydrogens (primary N) is 1. The summed E-state index contributed by atoms with van der Waals surface area (Å²) in [6.07, 6.45) is -4.79. The number of halogens is 4. The van der Waals surface area contributed by atoms with Crippen LogP contribution in [0, 0.1) is 11.2 Å². The zero-order valence-corrected chi connectivity index (χ0v) is 17.1. The van der Waals surface area contributed by atoms with Crippen LogP contribution in [-0.4, -0.2) is 18.6 Å². The summed E-state index contributed by atoms with van der Waals surface area (Å²) in [4.78, 5) is 4.13. The molecule has 2 atom stereocenters. The fourth-order valence-corrected chi connectivity index (χ4v) is 4.52. The van der Waals surface area contributed by atoms with E-state index in [-0.39, 0.29) is 39.4 Å². The van der Waals surface area contributed by atoms with E-state index in [1.54, 1.807) is 12.1 Å². The van der Waals surface area contributed by atoms with Crippen LogP contribution in [0.2, 0.25) is 0 Å². The average molecular weight is 455 g/mol. The van der Waals surface area contributed by atoms with Crippen molar-refractivity contribution in [2.45, 2.75) is 36.8 Å². The molecule has 1 aromatic heterocycles. The highest BCUT2D eigenvalue weighted by Crippen LogP contribution is 2.69. The molecule has 2 aromatic carbocycles. The van der Waals surface area contributed by atoms with Crippen molar-refractivity contribution in [2.24, 2.45) is 10.6 Å². The Morgan fingerprint density at radius 3 is 2.29 bits per heavy atom. The van der Waals surface area contributed by atoms with Crippen LogP contribution in [0.5, 0.6) is 0 Å². The number of rotatable bonds is 4. The maximum Gasteiger partial charge on any atom is 0.417 e. The number of aromatic nitrogens is 2. The summed E-state index contributed by atoms with van der Waals surface area (Å²) in [6, 6.07) is 8.30. The van der Waals surface area contributed by atoms with Gasteiger partial charge in [0.2, 0.25) is 21.7 Å². The minimum Gasteiger partial charge on any atom is -0.339 e. The predicted molar refractivity (Wildman–Crippen MR) is 102 cm³/mol. The molecule has 0 radical (unpaired) electrons. The molecule has 1 aliphatic carbocycles. The number of sulfonamides is 1. The lowest BCUT2D eigenvalue weighted by Gasteiger charge is -2.10. The van der Waals surface area contributed by atoms with E-state index in [0.717, 1.165) is 17.7 Å². The van der Waals surface area contributed by atoms with Gasteiger partial charge in [-0.2, -0.15) is 18.2 Å². The Kier molecular flexibility index (Phi) is 4.74. The number of benzene rings is 2. The van der Waals surface area contributed by atoms with E-state index >= 15 is 0 Å². The molecular weight excluding hydrogens is 438 g/mol. The van der Waals surface area contributed by atoms with Crippen LogP contribution in [0.15, 0.2) is 51.9 Å². The van der Waals surface area contributed by atoms with Crippen LogP contribution in [0.3, 0.4) is 0 Å². The molecule has 0 spiro atoms.